The number of carbonyl (C=O) groups excluding carboxylic acids is 2. The second-order valence-electron chi connectivity index (χ2n) is 9.87. The summed E-state index contributed by atoms with van der Waals surface area (Å²) < 4.78 is 0. The van der Waals surface area contributed by atoms with E-state index >= 15 is 0 Å². The Bertz CT molecular complexity index is 1530. The van der Waals surface area contributed by atoms with E-state index < -0.39 is 0 Å². The average Bonchev–Trinajstić information content (AvgIpc) is 3.64. The molecule has 1 atom stereocenters. The molecule has 0 bridgehead atoms. The number of hydrogen-bond acceptors (Lipinski definition) is 5. The highest BCUT2D eigenvalue weighted by Crippen LogP contribution is 2.52. The lowest BCUT2D eigenvalue weighted by molar-refractivity contribution is 0.0655. The van der Waals surface area contributed by atoms with Gasteiger partial charge in [-0.3, -0.25) is 14.6 Å². The lowest BCUT2D eigenvalue weighted by atomic mass is 9.72. The molecule has 0 radical (unpaired) electrons. The second-order valence-corrected chi connectivity index (χ2v) is 9.87. The number of H-pyrrole nitrogens is 3. The number of carbonyl (C=O) groups is 2. The van der Waals surface area contributed by atoms with Crippen LogP contribution >= 0.6 is 0 Å². The Balaban J connectivity index is 1.24. The third kappa shape index (κ3) is 3.94. The van der Waals surface area contributed by atoms with Crippen molar-refractivity contribution in [3.63, 3.8) is 0 Å². The number of aromatic nitrogens is 5. The fourth-order valence-electron chi connectivity index (χ4n) is 6.07. The van der Waals surface area contributed by atoms with Gasteiger partial charge in [0, 0.05) is 42.7 Å². The first-order valence-electron chi connectivity index (χ1n) is 12.4. The number of rotatable bonds is 4. The molecule has 3 aromatic heterocycles. The van der Waals surface area contributed by atoms with Gasteiger partial charge in [-0.1, -0.05) is 18.2 Å². The quantitative estimate of drug-likeness (QED) is 0.343. The fraction of sp³-hybridized carbons (Fsp3) is 0.296. The summed E-state index contributed by atoms with van der Waals surface area (Å²) in [6.07, 6.45) is 8.64. The first-order valence-corrected chi connectivity index (χ1v) is 12.4. The van der Waals surface area contributed by atoms with Crippen LogP contribution in [0.5, 0.6) is 0 Å². The third-order valence-corrected chi connectivity index (χ3v) is 7.75. The van der Waals surface area contributed by atoms with Crippen LogP contribution in [0.15, 0.2) is 60.0 Å². The first kappa shape index (κ1) is 23.0. The highest BCUT2D eigenvalue weighted by atomic mass is 16.2. The number of nitrogens with one attached hydrogen (secondary N) is 4. The summed E-state index contributed by atoms with van der Waals surface area (Å²) in [6.45, 7) is 3.26. The normalized spacial score (nSPS) is 18.1. The van der Waals surface area contributed by atoms with Gasteiger partial charge in [-0.05, 0) is 55.0 Å². The van der Waals surface area contributed by atoms with E-state index in [4.69, 9.17) is 0 Å². The van der Waals surface area contributed by atoms with Crippen molar-refractivity contribution in [2.75, 3.05) is 13.1 Å². The van der Waals surface area contributed by atoms with E-state index in [1.807, 2.05) is 18.2 Å². The Morgan fingerprint density at radius 3 is 2.70 bits per heavy atom. The summed E-state index contributed by atoms with van der Waals surface area (Å²) in [5.74, 6) is -0.391. The van der Waals surface area contributed by atoms with E-state index in [0.717, 1.165) is 30.4 Å². The van der Waals surface area contributed by atoms with Crippen molar-refractivity contribution in [3.05, 3.63) is 93.8 Å². The molecule has 1 unspecified atom stereocenters. The molecule has 6 rings (SSSR count). The van der Waals surface area contributed by atoms with Crippen LogP contribution in [0.3, 0.4) is 0 Å². The zero-order valence-corrected chi connectivity index (χ0v) is 20.4. The highest BCUT2D eigenvalue weighted by molar-refractivity contribution is 5.98. The number of aromatic amines is 3. The molecule has 188 valence electrons. The van der Waals surface area contributed by atoms with Crippen LogP contribution in [0.1, 0.15) is 63.0 Å². The maximum absolute atomic E-state index is 13.4. The molecule has 10 nitrogen and oxygen atoms in total. The molecule has 4 heterocycles. The van der Waals surface area contributed by atoms with Gasteiger partial charge >= 0.3 is 5.69 Å². The van der Waals surface area contributed by atoms with Crippen molar-refractivity contribution >= 4 is 11.8 Å². The lowest BCUT2D eigenvalue weighted by Crippen LogP contribution is -2.45. The summed E-state index contributed by atoms with van der Waals surface area (Å²) >= 11 is 0. The van der Waals surface area contributed by atoms with E-state index in [0.29, 0.717) is 24.5 Å². The Morgan fingerprint density at radius 1 is 1.14 bits per heavy atom. The summed E-state index contributed by atoms with van der Waals surface area (Å²) in [6, 6.07) is 9.78. The van der Waals surface area contributed by atoms with Crippen molar-refractivity contribution in [1.29, 1.82) is 0 Å². The first-order chi connectivity index (χ1) is 17.9. The molecule has 1 aromatic carbocycles. The summed E-state index contributed by atoms with van der Waals surface area (Å²) in [4.78, 5) is 56.1. The van der Waals surface area contributed by atoms with Gasteiger partial charge in [-0.25, -0.2) is 9.78 Å². The average molecular weight is 498 g/mol. The van der Waals surface area contributed by atoms with Gasteiger partial charge in [-0.2, -0.15) is 0 Å². The number of imidazole rings is 2. The number of pyridine rings is 1. The van der Waals surface area contributed by atoms with Gasteiger partial charge in [0.2, 0.25) is 0 Å². The molecule has 0 saturated carbocycles. The van der Waals surface area contributed by atoms with Crippen molar-refractivity contribution in [3.8, 4) is 11.3 Å². The Morgan fingerprint density at radius 2 is 1.97 bits per heavy atom. The number of piperidine rings is 1. The largest absolute Gasteiger partial charge is 0.344 e. The zero-order chi connectivity index (χ0) is 25.6. The lowest BCUT2D eigenvalue weighted by Gasteiger charge is -2.40. The molecule has 10 heteroatoms. The highest BCUT2D eigenvalue weighted by Gasteiger charge is 2.47. The number of nitrogens with zero attached hydrogens (tertiary/aromatic N) is 3. The Labute approximate surface area is 212 Å². The number of amides is 2. The van der Waals surface area contributed by atoms with Crippen LogP contribution in [0.25, 0.3) is 11.3 Å². The Hall–Kier alpha value is -4.47. The summed E-state index contributed by atoms with van der Waals surface area (Å²) in [5, 5.41) is 3.25. The zero-order valence-electron chi connectivity index (χ0n) is 20.4. The Kier molecular flexibility index (Phi) is 5.51. The van der Waals surface area contributed by atoms with Gasteiger partial charge in [0.15, 0.2) is 0 Å². The fourth-order valence-corrected chi connectivity index (χ4v) is 6.07. The van der Waals surface area contributed by atoms with E-state index in [1.165, 1.54) is 23.7 Å². The maximum Gasteiger partial charge on any atom is 0.323 e. The molecule has 4 aromatic rings. The van der Waals surface area contributed by atoms with Crippen LogP contribution < -0.4 is 11.0 Å². The van der Waals surface area contributed by atoms with Crippen molar-refractivity contribution in [2.45, 2.75) is 37.6 Å². The molecule has 4 N–H and O–H groups in total. The van der Waals surface area contributed by atoms with Crippen LogP contribution in [0.2, 0.25) is 0 Å². The molecule has 1 aliphatic heterocycles. The maximum atomic E-state index is 13.4. The molecule has 1 saturated heterocycles. The molecule has 37 heavy (non-hydrogen) atoms. The number of likely N-dealkylation sites (tertiary alicyclic amines) is 1. The number of aryl methyl sites for hydroxylation is 1. The molecular weight excluding hydrogens is 470 g/mol. The number of benzene rings is 1. The van der Waals surface area contributed by atoms with Crippen LogP contribution in [0.4, 0.5) is 0 Å². The SMILES string of the molecule is Cc1cccc2c1C1(CCN(C(=O)c3c[nH]c(=O)[nH]3)CC1)CC2NC(=O)c1[nH]cnc1-c1cccnc1. The predicted molar refractivity (Wildman–Crippen MR) is 136 cm³/mol. The van der Waals surface area contributed by atoms with Crippen LogP contribution in [0, 0.1) is 6.92 Å². The number of hydrogen-bond donors (Lipinski definition) is 4. The van der Waals surface area contributed by atoms with Crippen LogP contribution in [-0.4, -0.2) is 54.7 Å². The summed E-state index contributed by atoms with van der Waals surface area (Å²) in [7, 11) is 0. The van der Waals surface area contributed by atoms with Crippen LogP contribution in [-0.2, 0) is 5.41 Å². The predicted octanol–water partition coefficient (Wildman–Crippen LogP) is 2.85. The molecule has 1 spiro atoms. The third-order valence-electron chi connectivity index (χ3n) is 7.75. The molecular formula is C27H27N7O3. The molecule has 1 aliphatic carbocycles. The minimum atomic E-state index is -0.389. The van der Waals surface area contributed by atoms with Gasteiger partial charge in [0.1, 0.15) is 17.1 Å². The standard InChI is InChI=1S/C27H27N7O3/c1-16-4-2-6-18-19(32-24(35)23-22(30-15-31-23)17-5-3-9-28-13-17)12-27(21(16)18)7-10-34(11-8-27)25(36)20-14-29-26(37)33-20/h2-6,9,13-15,19H,7-8,10-12H2,1H3,(H,30,31)(H,32,35)(H2,29,33,37). The van der Waals surface area contributed by atoms with E-state index in [2.05, 4.69) is 49.3 Å². The topological polar surface area (TPSA) is 140 Å². The van der Waals surface area contributed by atoms with E-state index in [1.54, 1.807) is 17.3 Å². The van der Waals surface area contributed by atoms with Gasteiger partial charge < -0.3 is 25.2 Å². The van der Waals surface area contributed by atoms with Crippen molar-refractivity contribution < 1.29 is 9.59 Å². The number of fused-ring (bicyclic) bond motifs is 2. The van der Waals surface area contributed by atoms with Gasteiger partial charge in [0.25, 0.3) is 11.8 Å². The molecule has 2 amide bonds. The molecule has 2 aliphatic rings. The van der Waals surface area contributed by atoms with Crippen molar-refractivity contribution in [2.24, 2.45) is 0 Å². The summed E-state index contributed by atoms with van der Waals surface area (Å²) in [5.41, 5.74) is 5.10. The van der Waals surface area contributed by atoms with Crippen molar-refractivity contribution in [1.82, 2.24) is 35.1 Å². The minimum Gasteiger partial charge on any atom is -0.344 e. The minimum absolute atomic E-state index is 0.138. The smallest absolute Gasteiger partial charge is 0.323 e. The van der Waals surface area contributed by atoms with E-state index in [9.17, 15) is 14.4 Å². The van der Waals surface area contributed by atoms with E-state index in [-0.39, 0.29) is 34.7 Å². The second kappa shape index (κ2) is 8.88. The van der Waals surface area contributed by atoms with Gasteiger partial charge in [-0.15, -0.1) is 0 Å². The monoisotopic (exact) mass is 497 g/mol. The van der Waals surface area contributed by atoms with Gasteiger partial charge in [0.05, 0.1) is 12.4 Å². The molecule has 1 fully saturated rings.